The molecule has 6 nitrogen and oxygen atoms in total. The smallest absolute Gasteiger partial charge is 0.407 e. The Kier molecular flexibility index (Phi) is 13.6. The molecule has 2 atom stereocenters. The highest BCUT2D eigenvalue weighted by molar-refractivity contribution is 6.28. The van der Waals surface area contributed by atoms with Crippen LogP contribution in [0.1, 0.15) is 104 Å². The number of carbonyl (C=O) groups is 2. The predicted molar refractivity (Wildman–Crippen MR) is 120 cm³/mol. The number of halogens is 1. The molecule has 0 aromatic heterocycles. The van der Waals surface area contributed by atoms with Gasteiger partial charge in [-0.2, -0.15) is 0 Å². The molecule has 174 valence electrons. The van der Waals surface area contributed by atoms with Crippen LogP contribution in [-0.2, 0) is 14.3 Å². The average molecular weight is 446 g/mol. The van der Waals surface area contributed by atoms with E-state index in [4.69, 9.17) is 26.2 Å². The number of carboxylic acid groups (broad SMARTS) is 1. The second-order valence-corrected chi connectivity index (χ2v) is 8.79. The summed E-state index contributed by atoms with van der Waals surface area (Å²) in [4.78, 5) is 22.7. The molecule has 1 rings (SSSR count). The lowest BCUT2D eigenvalue weighted by Gasteiger charge is -2.33. The molecule has 0 aromatic rings. The van der Waals surface area contributed by atoms with Crippen LogP contribution in [0.15, 0.2) is 11.3 Å². The zero-order valence-electron chi connectivity index (χ0n) is 18.7. The summed E-state index contributed by atoms with van der Waals surface area (Å²) in [5.41, 5.74) is -0.658. The molecule has 0 saturated carbocycles. The maximum Gasteiger partial charge on any atom is 0.407 e. The van der Waals surface area contributed by atoms with Crippen molar-refractivity contribution < 1.29 is 24.2 Å². The zero-order valence-corrected chi connectivity index (χ0v) is 19.5. The SMILES string of the molecule is CCCCCCCCCCCCC(OC(=O)NCCCC(=O)O)C1(C)CC=C(Cl)O1. The molecule has 1 heterocycles. The summed E-state index contributed by atoms with van der Waals surface area (Å²) in [6.45, 7) is 4.42. The van der Waals surface area contributed by atoms with Crippen LogP contribution in [0.2, 0.25) is 0 Å². The Morgan fingerprint density at radius 3 is 2.27 bits per heavy atom. The molecule has 0 radical (unpaired) electrons. The maximum absolute atomic E-state index is 12.2. The molecule has 0 bridgehead atoms. The Hall–Kier alpha value is -1.43. The van der Waals surface area contributed by atoms with Gasteiger partial charge >= 0.3 is 12.1 Å². The first kappa shape index (κ1) is 26.6. The lowest BCUT2D eigenvalue weighted by atomic mass is 9.91. The summed E-state index contributed by atoms with van der Waals surface area (Å²) in [5.74, 6) is -0.878. The van der Waals surface area contributed by atoms with Crippen molar-refractivity contribution in [2.75, 3.05) is 6.54 Å². The molecule has 0 spiro atoms. The Labute approximate surface area is 186 Å². The number of rotatable bonds is 17. The van der Waals surface area contributed by atoms with Crippen molar-refractivity contribution in [2.45, 2.75) is 115 Å². The first-order valence-corrected chi connectivity index (χ1v) is 12.0. The zero-order chi connectivity index (χ0) is 22.2. The molecule has 1 amide bonds. The van der Waals surface area contributed by atoms with Gasteiger partial charge in [-0.1, -0.05) is 64.7 Å². The van der Waals surface area contributed by atoms with Crippen LogP contribution in [0.4, 0.5) is 4.79 Å². The quantitative estimate of drug-likeness (QED) is 0.249. The van der Waals surface area contributed by atoms with E-state index in [-0.39, 0.29) is 13.0 Å². The minimum atomic E-state index is -0.878. The fourth-order valence-corrected chi connectivity index (χ4v) is 3.95. The minimum absolute atomic E-state index is 0.0165. The number of nitrogens with one attached hydrogen (secondary N) is 1. The number of alkyl carbamates (subject to hydrolysis) is 1. The number of aliphatic carboxylic acids is 1. The first-order valence-electron chi connectivity index (χ1n) is 11.6. The van der Waals surface area contributed by atoms with Gasteiger partial charge in [0.2, 0.25) is 0 Å². The Morgan fingerprint density at radius 2 is 1.73 bits per heavy atom. The van der Waals surface area contributed by atoms with E-state index < -0.39 is 23.8 Å². The van der Waals surface area contributed by atoms with Gasteiger partial charge < -0.3 is 19.9 Å². The number of amides is 1. The summed E-state index contributed by atoms with van der Waals surface area (Å²) in [7, 11) is 0. The molecule has 1 aliphatic heterocycles. The molecule has 0 aromatic carbocycles. The monoisotopic (exact) mass is 445 g/mol. The number of hydrogen-bond donors (Lipinski definition) is 2. The highest BCUT2D eigenvalue weighted by Crippen LogP contribution is 2.36. The second kappa shape index (κ2) is 15.4. The predicted octanol–water partition coefficient (Wildman–Crippen LogP) is 6.52. The van der Waals surface area contributed by atoms with Crippen LogP contribution < -0.4 is 5.32 Å². The van der Waals surface area contributed by atoms with Crippen molar-refractivity contribution in [2.24, 2.45) is 0 Å². The Bertz CT molecular complexity index is 540. The van der Waals surface area contributed by atoms with E-state index in [9.17, 15) is 9.59 Å². The lowest BCUT2D eigenvalue weighted by molar-refractivity contribution is -0.137. The summed E-state index contributed by atoms with van der Waals surface area (Å²) in [6.07, 6.45) is 15.0. The van der Waals surface area contributed by atoms with Gasteiger partial charge in [-0.15, -0.1) is 0 Å². The molecule has 2 N–H and O–H groups in total. The van der Waals surface area contributed by atoms with Crippen LogP contribution in [0.3, 0.4) is 0 Å². The van der Waals surface area contributed by atoms with Crippen LogP contribution >= 0.6 is 11.6 Å². The number of carbonyl (C=O) groups excluding carboxylic acids is 1. The Morgan fingerprint density at radius 1 is 1.13 bits per heavy atom. The van der Waals surface area contributed by atoms with Crippen molar-refractivity contribution in [3.8, 4) is 0 Å². The van der Waals surface area contributed by atoms with E-state index in [2.05, 4.69) is 12.2 Å². The minimum Gasteiger partial charge on any atom is -0.481 e. The molecule has 0 fully saturated rings. The van der Waals surface area contributed by atoms with Gasteiger partial charge in [-0.3, -0.25) is 4.79 Å². The fraction of sp³-hybridized carbons (Fsp3) is 0.826. The standard InChI is InChI=1S/C23H40ClNO5/c1-3-4-5-6-7-8-9-10-11-12-14-19(23(2)17-16-20(24)30-23)29-22(28)25-18-13-15-21(26)27/h16,19H,3-15,17-18H2,1-2H3,(H,25,28)(H,26,27). The van der Waals surface area contributed by atoms with Gasteiger partial charge in [-0.05, 0) is 43.9 Å². The largest absolute Gasteiger partial charge is 0.481 e. The number of ether oxygens (including phenoxy) is 2. The van der Waals surface area contributed by atoms with Gasteiger partial charge in [0.1, 0.15) is 11.7 Å². The number of carboxylic acids is 1. The number of hydrogen-bond acceptors (Lipinski definition) is 4. The molecule has 7 heteroatoms. The highest BCUT2D eigenvalue weighted by Gasteiger charge is 2.41. The summed E-state index contributed by atoms with van der Waals surface area (Å²) < 4.78 is 11.4. The number of unbranched alkanes of at least 4 members (excludes halogenated alkanes) is 9. The maximum atomic E-state index is 12.2. The van der Waals surface area contributed by atoms with Crippen molar-refractivity contribution >= 4 is 23.7 Å². The molecular formula is C23H40ClNO5. The van der Waals surface area contributed by atoms with Crippen LogP contribution in [0.5, 0.6) is 0 Å². The van der Waals surface area contributed by atoms with E-state index in [0.717, 1.165) is 12.8 Å². The molecule has 0 aliphatic carbocycles. The van der Waals surface area contributed by atoms with Crippen molar-refractivity contribution in [1.29, 1.82) is 0 Å². The third-order valence-corrected chi connectivity index (χ3v) is 5.82. The molecule has 1 aliphatic rings. The van der Waals surface area contributed by atoms with Gasteiger partial charge in [0, 0.05) is 19.4 Å². The van der Waals surface area contributed by atoms with E-state index in [1.54, 1.807) is 6.08 Å². The van der Waals surface area contributed by atoms with E-state index in [0.29, 0.717) is 24.5 Å². The fourth-order valence-electron chi connectivity index (χ4n) is 3.69. The molecule has 0 saturated heterocycles. The highest BCUT2D eigenvalue weighted by atomic mass is 35.5. The third kappa shape index (κ3) is 11.7. The van der Waals surface area contributed by atoms with Gasteiger partial charge in [0.25, 0.3) is 0 Å². The van der Waals surface area contributed by atoms with E-state index in [1.807, 2.05) is 6.92 Å². The second-order valence-electron chi connectivity index (χ2n) is 8.42. The summed E-state index contributed by atoms with van der Waals surface area (Å²) >= 11 is 6.00. The van der Waals surface area contributed by atoms with Crippen LogP contribution in [0.25, 0.3) is 0 Å². The Balaban J connectivity index is 2.31. The van der Waals surface area contributed by atoms with E-state index >= 15 is 0 Å². The van der Waals surface area contributed by atoms with Crippen molar-refractivity contribution in [3.05, 3.63) is 11.3 Å². The van der Waals surface area contributed by atoms with Crippen molar-refractivity contribution in [1.82, 2.24) is 5.32 Å². The van der Waals surface area contributed by atoms with Crippen LogP contribution in [-0.4, -0.2) is 35.4 Å². The molecular weight excluding hydrogens is 406 g/mol. The van der Waals surface area contributed by atoms with Gasteiger partial charge in [-0.25, -0.2) is 4.79 Å². The molecule has 30 heavy (non-hydrogen) atoms. The van der Waals surface area contributed by atoms with Crippen molar-refractivity contribution in [3.63, 3.8) is 0 Å². The van der Waals surface area contributed by atoms with Crippen LogP contribution in [0, 0.1) is 0 Å². The lowest BCUT2D eigenvalue weighted by Crippen LogP contribution is -2.44. The van der Waals surface area contributed by atoms with E-state index in [1.165, 1.54) is 51.4 Å². The van der Waals surface area contributed by atoms with Gasteiger partial charge in [0.15, 0.2) is 5.22 Å². The summed E-state index contributed by atoms with van der Waals surface area (Å²) in [5, 5.41) is 11.6. The summed E-state index contributed by atoms with van der Waals surface area (Å²) in [6, 6.07) is 0. The normalized spacial score (nSPS) is 19.1. The topological polar surface area (TPSA) is 84.9 Å². The average Bonchev–Trinajstić information content (AvgIpc) is 3.05. The first-order chi connectivity index (χ1) is 14.4. The van der Waals surface area contributed by atoms with Gasteiger partial charge in [0.05, 0.1) is 0 Å². The molecule has 2 unspecified atom stereocenters. The third-order valence-electron chi connectivity index (χ3n) is 5.59.